The van der Waals surface area contributed by atoms with Crippen LogP contribution in [-0.4, -0.2) is 52.7 Å². The van der Waals surface area contributed by atoms with Gasteiger partial charge in [0.1, 0.15) is 11.6 Å². The summed E-state index contributed by atoms with van der Waals surface area (Å²) in [5.74, 6) is -2.13. The third kappa shape index (κ3) is 4.33. The Balaban J connectivity index is 1.31. The van der Waals surface area contributed by atoms with E-state index >= 15 is 0 Å². The number of hydrogen-bond donors (Lipinski definition) is 2. The zero-order valence-corrected chi connectivity index (χ0v) is 22.3. The van der Waals surface area contributed by atoms with Crippen LogP contribution >= 0.6 is 11.8 Å². The number of nitrogens with zero attached hydrogens (tertiary/aromatic N) is 1. The van der Waals surface area contributed by atoms with Crippen LogP contribution in [0.2, 0.25) is 0 Å². The van der Waals surface area contributed by atoms with E-state index in [4.69, 9.17) is 4.74 Å². The Morgan fingerprint density at radius 2 is 1.84 bits per heavy atom. The first kappa shape index (κ1) is 25.2. The van der Waals surface area contributed by atoms with Gasteiger partial charge in [-0.2, -0.15) is 0 Å². The molecule has 1 aliphatic carbocycles. The highest BCUT2D eigenvalue weighted by atomic mass is 32.2. The molecular weight excluding hydrogens is 498 g/mol. The Kier molecular flexibility index (Phi) is 6.78. The monoisotopic (exact) mass is 531 g/mol. The van der Waals surface area contributed by atoms with Crippen LogP contribution in [0.1, 0.15) is 37.7 Å². The molecule has 4 aliphatic rings. The first-order valence-electron chi connectivity index (χ1n) is 13.5. The molecule has 198 valence electrons. The zero-order chi connectivity index (χ0) is 26.3. The van der Waals surface area contributed by atoms with E-state index in [1.54, 1.807) is 16.7 Å². The summed E-state index contributed by atoms with van der Waals surface area (Å²) in [5.41, 5.74) is 0.459. The van der Waals surface area contributed by atoms with E-state index in [-0.39, 0.29) is 30.3 Å². The van der Waals surface area contributed by atoms with Crippen LogP contribution in [-0.2, 0) is 25.7 Å². The van der Waals surface area contributed by atoms with Crippen molar-refractivity contribution in [3.05, 3.63) is 72.3 Å². The SMILES string of the molecule is CSc1cccc(NC(=O)C2C3C=CC4(O3)C2C(=O)N(Cc2ccccc2)C4C(=O)NC2CCCCC2)c1. The van der Waals surface area contributed by atoms with Crippen LogP contribution in [0, 0.1) is 11.8 Å². The van der Waals surface area contributed by atoms with Gasteiger partial charge in [0, 0.05) is 23.2 Å². The van der Waals surface area contributed by atoms with Gasteiger partial charge < -0.3 is 20.3 Å². The van der Waals surface area contributed by atoms with E-state index in [9.17, 15) is 14.4 Å². The Bertz CT molecular complexity index is 1260. The van der Waals surface area contributed by atoms with E-state index in [2.05, 4.69) is 10.6 Å². The van der Waals surface area contributed by atoms with E-state index in [0.29, 0.717) is 5.69 Å². The molecule has 0 radical (unpaired) electrons. The fraction of sp³-hybridized carbons (Fsp3) is 0.433. The molecule has 3 aliphatic heterocycles. The van der Waals surface area contributed by atoms with Gasteiger partial charge in [-0.05, 0) is 42.9 Å². The minimum atomic E-state index is -1.15. The molecule has 3 heterocycles. The molecule has 5 atom stereocenters. The number of benzene rings is 2. The number of carbonyl (C=O) groups is 3. The molecule has 0 aromatic heterocycles. The quantitative estimate of drug-likeness (QED) is 0.414. The molecule has 3 amide bonds. The highest BCUT2D eigenvalue weighted by Gasteiger charge is 2.72. The number of thioether (sulfide) groups is 1. The predicted molar refractivity (Wildman–Crippen MR) is 146 cm³/mol. The fourth-order valence-corrected chi connectivity index (χ4v) is 7.13. The van der Waals surface area contributed by atoms with Gasteiger partial charge in [-0.3, -0.25) is 14.4 Å². The Hall–Kier alpha value is -3.10. The second-order valence-electron chi connectivity index (χ2n) is 10.7. The number of nitrogens with one attached hydrogen (secondary N) is 2. The van der Waals surface area contributed by atoms with E-state index in [1.807, 2.05) is 73.0 Å². The lowest BCUT2D eigenvalue weighted by Gasteiger charge is -2.34. The lowest BCUT2D eigenvalue weighted by atomic mass is 9.74. The van der Waals surface area contributed by atoms with Gasteiger partial charge in [0.15, 0.2) is 0 Å². The molecule has 2 bridgehead atoms. The van der Waals surface area contributed by atoms with Crippen molar-refractivity contribution < 1.29 is 19.1 Å². The van der Waals surface area contributed by atoms with E-state index in [0.717, 1.165) is 36.1 Å². The summed E-state index contributed by atoms with van der Waals surface area (Å²) < 4.78 is 6.46. The molecule has 7 nitrogen and oxygen atoms in total. The van der Waals surface area contributed by atoms with Crippen LogP contribution in [0.3, 0.4) is 0 Å². The number of amides is 3. The Labute approximate surface area is 227 Å². The van der Waals surface area contributed by atoms with E-state index in [1.165, 1.54) is 6.42 Å². The van der Waals surface area contributed by atoms with Gasteiger partial charge in [0.05, 0.1) is 17.9 Å². The summed E-state index contributed by atoms with van der Waals surface area (Å²) >= 11 is 1.60. The molecule has 1 spiro atoms. The van der Waals surface area contributed by atoms with Gasteiger partial charge in [-0.25, -0.2) is 0 Å². The summed E-state index contributed by atoms with van der Waals surface area (Å²) in [6, 6.07) is 16.6. The fourth-order valence-electron chi connectivity index (χ4n) is 6.67. The van der Waals surface area contributed by atoms with Crippen molar-refractivity contribution in [2.45, 2.75) is 67.3 Å². The van der Waals surface area contributed by atoms with Gasteiger partial charge in [-0.15, -0.1) is 11.8 Å². The zero-order valence-electron chi connectivity index (χ0n) is 21.5. The summed E-state index contributed by atoms with van der Waals surface area (Å²) in [6.45, 7) is 0.284. The van der Waals surface area contributed by atoms with Gasteiger partial charge >= 0.3 is 0 Å². The van der Waals surface area contributed by atoms with Crippen molar-refractivity contribution in [3.8, 4) is 0 Å². The van der Waals surface area contributed by atoms with Crippen LogP contribution in [0.25, 0.3) is 0 Å². The predicted octanol–water partition coefficient (Wildman–Crippen LogP) is 4.15. The highest BCUT2D eigenvalue weighted by Crippen LogP contribution is 2.55. The van der Waals surface area contributed by atoms with Crippen molar-refractivity contribution in [1.82, 2.24) is 10.2 Å². The molecule has 5 unspecified atom stereocenters. The van der Waals surface area contributed by atoms with Crippen LogP contribution < -0.4 is 10.6 Å². The topological polar surface area (TPSA) is 87.7 Å². The van der Waals surface area contributed by atoms with Crippen LogP contribution in [0.5, 0.6) is 0 Å². The number of likely N-dealkylation sites (tertiary alicyclic amines) is 1. The second-order valence-corrected chi connectivity index (χ2v) is 11.6. The normalized spacial score (nSPS) is 29.9. The standard InChI is InChI=1S/C30H33N3O4S/c1-38-22-14-8-13-21(17-22)32-27(34)24-23-15-16-30(37-23)25(24)29(36)33(18-19-9-4-2-5-10-19)26(30)28(35)31-20-11-6-3-7-12-20/h2,4-5,8-10,13-17,20,23-26H,3,6-7,11-12,18H2,1H3,(H,31,35)(H,32,34). The number of rotatable bonds is 7. The van der Waals surface area contributed by atoms with Crippen molar-refractivity contribution in [1.29, 1.82) is 0 Å². The molecule has 2 aromatic rings. The number of ether oxygens (including phenoxy) is 1. The maximum atomic E-state index is 14.1. The average Bonchev–Trinajstić information content (AvgIpc) is 3.57. The van der Waals surface area contributed by atoms with Crippen molar-refractivity contribution >= 4 is 35.2 Å². The molecule has 2 saturated heterocycles. The van der Waals surface area contributed by atoms with E-state index < -0.39 is 29.6 Å². The van der Waals surface area contributed by atoms with Gasteiger partial charge in [0.2, 0.25) is 17.7 Å². The van der Waals surface area contributed by atoms with Crippen molar-refractivity contribution in [2.24, 2.45) is 11.8 Å². The molecular formula is C30H33N3O4S. The molecule has 2 aromatic carbocycles. The number of fused-ring (bicyclic) bond motifs is 1. The average molecular weight is 532 g/mol. The third-order valence-corrected chi connectivity index (χ3v) is 9.13. The maximum Gasteiger partial charge on any atom is 0.246 e. The van der Waals surface area contributed by atoms with Crippen LogP contribution in [0.15, 0.2) is 71.6 Å². The second kappa shape index (κ2) is 10.2. The summed E-state index contributed by atoms with van der Waals surface area (Å²) in [5, 5.41) is 6.24. The number of carbonyl (C=O) groups excluding carboxylic acids is 3. The molecule has 6 rings (SSSR count). The van der Waals surface area contributed by atoms with Crippen molar-refractivity contribution in [2.75, 3.05) is 11.6 Å². The lowest BCUT2D eigenvalue weighted by Crippen LogP contribution is -2.56. The molecule has 38 heavy (non-hydrogen) atoms. The molecule has 2 N–H and O–H groups in total. The minimum Gasteiger partial charge on any atom is -0.359 e. The summed E-state index contributed by atoms with van der Waals surface area (Å²) in [6.07, 6.45) is 10.4. The Morgan fingerprint density at radius 1 is 1.05 bits per heavy atom. The first-order chi connectivity index (χ1) is 18.5. The number of anilines is 1. The molecule has 8 heteroatoms. The summed E-state index contributed by atoms with van der Waals surface area (Å²) in [7, 11) is 0. The minimum absolute atomic E-state index is 0.103. The first-order valence-corrected chi connectivity index (χ1v) is 14.7. The summed E-state index contributed by atoms with van der Waals surface area (Å²) in [4.78, 5) is 44.3. The smallest absolute Gasteiger partial charge is 0.246 e. The molecule has 3 fully saturated rings. The Morgan fingerprint density at radius 3 is 2.61 bits per heavy atom. The van der Waals surface area contributed by atoms with Gasteiger partial charge in [-0.1, -0.05) is 67.8 Å². The maximum absolute atomic E-state index is 14.1. The molecule has 1 saturated carbocycles. The lowest BCUT2D eigenvalue weighted by molar-refractivity contribution is -0.142. The largest absolute Gasteiger partial charge is 0.359 e. The third-order valence-electron chi connectivity index (χ3n) is 8.41. The van der Waals surface area contributed by atoms with Crippen LogP contribution in [0.4, 0.5) is 5.69 Å². The highest BCUT2D eigenvalue weighted by molar-refractivity contribution is 7.98. The van der Waals surface area contributed by atoms with Gasteiger partial charge in [0.25, 0.3) is 0 Å². The van der Waals surface area contributed by atoms with Crippen molar-refractivity contribution in [3.63, 3.8) is 0 Å². The number of hydrogen-bond acceptors (Lipinski definition) is 5.